The lowest BCUT2D eigenvalue weighted by molar-refractivity contribution is -0.135. The molecule has 0 aromatic rings. The van der Waals surface area contributed by atoms with Crippen molar-refractivity contribution in [3.8, 4) is 0 Å². The molecule has 2 amide bonds. The van der Waals surface area contributed by atoms with Gasteiger partial charge in [0.05, 0.1) is 0 Å². The Kier molecular flexibility index (Phi) is 3.95. The highest BCUT2D eigenvalue weighted by Crippen LogP contribution is 2.34. The standard InChI is InChI=1S/C13H19ClN2O2/c1-8(6-14)7-16-9(2)5-11(17)15-12(13(16)18)10-3-4-10/h6,9-10,12H,3-5,7H2,1-2H3,(H,15,17). The van der Waals surface area contributed by atoms with Crippen LogP contribution in [-0.2, 0) is 9.59 Å². The first kappa shape index (κ1) is 13.4. The number of nitrogens with zero attached hydrogens (tertiary/aromatic N) is 1. The van der Waals surface area contributed by atoms with Crippen molar-refractivity contribution in [3.05, 3.63) is 11.1 Å². The minimum atomic E-state index is -0.328. The summed E-state index contributed by atoms with van der Waals surface area (Å²) in [5.41, 5.74) is 2.42. The largest absolute Gasteiger partial charge is 0.344 e. The van der Waals surface area contributed by atoms with Crippen LogP contribution in [0.1, 0.15) is 33.1 Å². The topological polar surface area (TPSA) is 49.4 Å². The van der Waals surface area contributed by atoms with Crippen LogP contribution >= 0.6 is 11.6 Å². The van der Waals surface area contributed by atoms with Gasteiger partial charge in [-0.2, -0.15) is 0 Å². The van der Waals surface area contributed by atoms with Crippen LogP contribution in [0.2, 0.25) is 0 Å². The molecule has 2 atom stereocenters. The summed E-state index contributed by atoms with van der Waals surface area (Å²) in [5.74, 6) is 0.339. The van der Waals surface area contributed by atoms with E-state index in [2.05, 4.69) is 5.32 Å². The molecular formula is C13H19ClN2O2. The number of carbonyl (C=O) groups is 2. The van der Waals surface area contributed by atoms with Crippen molar-refractivity contribution in [2.45, 2.75) is 45.2 Å². The molecule has 0 aromatic heterocycles. The third-order valence-corrected chi connectivity index (χ3v) is 3.95. The van der Waals surface area contributed by atoms with E-state index >= 15 is 0 Å². The van der Waals surface area contributed by atoms with Crippen molar-refractivity contribution in [2.75, 3.05) is 6.54 Å². The molecule has 2 fully saturated rings. The van der Waals surface area contributed by atoms with E-state index in [4.69, 9.17) is 11.6 Å². The van der Waals surface area contributed by atoms with Crippen LogP contribution < -0.4 is 5.32 Å². The number of amides is 2. The zero-order valence-corrected chi connectivity index (χ0v) is 11.5. The van der Waals surface area contributed by atoms with Gasteiger partial charge in [0.25, 0.3) is 0 Å². The van der Waals surface area contributed by atoms with Gasteiger partial charge >= 0.3 is 0 Å². The summed E-state index contributed by atoms with van der Waals surface area (Å²) >= 11 is 5.66. The quantitative estimate of drug-likeness (QED) is 0.848. The second kappa shape index (κ2) is 5.31. The van der Waals surface area contributed by atoms with E-state index < -0.39 is 0 Å². The number of rotatable bonds is 3. The van der Waals surface area contributed by atoms with Gasteiger partial charge in [-0.3, -0.25) is 9.59 Å². The Balaban J connectivity index is 2.18. The fourth-order valence-electron chi connectivity index (χ4n) is 2.35. The van der Waals surface area contributed by atoms with Gasteiger partial charge in [-0.15, -0.1) is 0 Å². The lowest BCUT2D eigenvalue weighted by Gasteiger charge is -2.29. The molecule has 1 saturated carbocycles. The molecule has 5 heteroatoms. The zero-order valence-electron chi connectivity index (χ0n) is 10.8. The van der Waals surface area contributed by atoms with E-state index in [1.807, 2.05) is 13.8 Å². The van der Waals surface area contributed by atoms with Gasteiger partial charge < -0.3 is 10.2 Å². The molecule has 0 spiro atoms. The SMILES string of the molecule is CC(=CCl)CN1C(=O)C(C2CC2)NC(=O)CC1C. The summed E-state index contributed by atoms with van der Waals surface area (Å²) in [5, 5.41) is 2.86. The molecule has 100 valence electrons. The fraction of sp³-hybridized carbons (Fsp3) is 0.692. The van der Waals surface area contributed by atoms with Crippen LogP contribution in [0.3, 0.4) is 0 Å². The molecule has 2 unspecified atom stereocenters. The van der Waals surface area contributed by atoms with Crippen molar-refractivity contribution in [1.29, 1.82) is 0 Å². The average molecular weight is 271 g/mol. The maximum atomic E-state index is 12.5. The number of hydrogen-bond acceptors (Lipinski definition) is 2. The van der Waals surface area contributed by atoms with Crippen molar-refractivity contribution < 1.29 is 9.59 Å². The minimum Gasteiger partial charge on any atom is -0.344 e. The van der Waals surface area contributed by atoms with E-state index in [0.29, 0.717) is 18.9 Å². The normalized spacial score (nSPS) is 30.2. The van der Waals surface area contributed by atoms with E-state index in [9.17, 15) is 9.59 Å². The summed E-state index contributed by atoms with van der Waals surface area (Å²) in [6, 6.07) is -0.404. The Morgan fingerprint density at radius 3 is 2.72 bits per heavy atom. The third-order valence-electron chi connectivity index (χ3n) is 3.58. The monoisotopic (exact) mass is 270 g/mol. The molecular weight excluding hydrogens is 252 g/mol. The van der Waals surface area contributed by atoms with Crippen molar-refractivity contribution in [3.63, 3.8) is 0 Å². The smallest absolute Gasteiger partial charge is 0.245 e. The van der Waals surface area contributed by atoms with E-state index in [-0.39, 0.29) is 23.9 Å². The summed E-state index contributed by atoms with van der Waals surface area (Å²) in [6.45, 7) is 4.30. The minimum absolute atomic E-state index is 0.0252. The predicted octanol–water partition coefficient (Wildman–Crippen LogP) is 1.64. The van der Waals surface area contributed by atoms with Crippen LogP contribution in [0.5, 0.6) is 0 Å². The number of carbonyl (C=O) groups excluding carboxylic acids is 2. The Morgan fingerprint density at radius 2 is 2.17 bits per heavy atom. The zero-order chi connectivity index (χ0) is 13.3. The first-order valence-corrected chi connectivity index (χ1v) is 6.82. The molecule has 4 nitrogen and oxygen atoms in total. The van der Waals surface area contributed by atoms with Gasteiger partial charge in [0, 0.05) is 24.5 Å². The molecule has 1 aliphatic carbocycles. The van der Waals surface area contributed by atoms with E-state index in [1.54, 1.807) is 4.90 Å². The van der Waals surface area contributed by atoms with Gasteiger partial charge in [0.1, 0.15) is 6.04 Å². The summed E-state index contributed by atoms with van der Waals surface area (Å²) in [6.07, 6.45) is 2.43. The van der Waals surface area contributed by atoms with Crippen molar-refractivity contribution >= 4 is 23.4 Å². The number of nitrogens with one attached hydrogen (secondary N) is 1. The molecule has 2 aliphatic rings. The molecule has 1 aliphatic heterocycles. The maximum absolute atomic E-state index is 12.5. The predicted molar refractivity (Wildman–Crippen MR) is 70.1 cm³/mol. The van der Waals surface area contributed by atoms with Gasteiger partial charge in [-0.1, -0.05) is 11.6 Å². The van der Waals surface area contributed by atoms with Gasteiger partial charge in [-0.25, -0.2) is 0 Å². The van der Waals surface area contributed by atoms with Crippen molar-refractivity contribution in [2.24, 2.45) is 5.92 Å². The Hall–Kier alpha value is -1.03. The average Bonchev–Trinajstić information content (AvgIpc) is 3.15. The summed E-state index contributed by atoms with van der Waals surface area (Å²) in [7, 11) is 0. The highest BCUT2D eigenvalue weighted by Gasteiger charge is 2.42. The van der Waals surface area contributed by atoms with Crippen molar-refractivity contribution in [1.82, 2.24) is 10.2 Å². The van der Waals surface area contributed by atoms with Crippen LogP contribution in [-0.4, -0.2) is 35.3 Å². The molecule has 0 radical (unpaired) electrons. The Labute approximate surface area is 112 Å². The lowest BCUT2D eigenvalue weighted by Crippen LogP contribution is -2.48. The first-order valence-electron chi connectivity index (χ1n) is 6.38. The van der Waals surface area contributed by atoms with E-state index in [0.717, 1.165) is 18.4 Å². The molecule has 1 N–H and O–H groups in total. The Morgan fingerprint density at radius 1 is 1.50 bits per heavy atom. The van der Waals surface area contributed by atoms with E-state index in [1.165, 1.54) is 5.54 Å². The molecule has 2 rings (SSSR count). The van der Waals surface area contributed by atoms with Crippen LogP contribution in [0.15, 0.2) is 11.1 Å². The maximum Gasteiger partial charge on any atom is 0.245 e. The third kappa shape index (κ3) is 2.86. The van der Waals surface area contributed by atoms with Gasteiger partial charge in [-0.05, 0) is 38.2 Å². The summed E-state index contributed by atoms with van der Waals surface area (Å²) < 4.78 is 0. The molecule has 18 heavy (non-hydrogen) atoms. The van der Waals surface area contributed by atoms with Gasteiger partial charge in [0.15, 0.2) is 0 Å². The molecule has 1 saturated heterocycles. The van der Waals surface area contributed by atoms with Gasteiger partial charge in [0.2, 0.25) is 11.8 Å². The number of halogens is 1. The van der Waals surface area contributed by atoms with Crippen LogP contribution in [0, 0.1) is 5.92 Å². The molecule has 0 aromatic carbocycles. The highest BCUT2D eigenvalue weighted by molar-refractivity contribution is 6.25. The number of hydrogen-bond donors (Lipinski definition) is 1. The molecule has 1 heterocycles. The van der Waals surface area contributed by atoms with Crippen LogP contribution in [0.4, 0.5) is 0 Å². The van der Waals surface area contributed by atoms with Crippen LogP contribution in [0.25, 0.3) is 0 Å². The Bertz CT molecular complexity index is 390. The molecule has 0 bridgehead atoms. The lowest BCUT2D eigenvalue weighted by atomic mass is 10.1. The second-order valence-electron chi connectivity index (χ2n) is 5.36. The fourth-order valence-corrected chi connectivity index (χ4v) is 2.42. The first-order chi connectivity index (χ1) is 8.52. The summed E-state index contributed by atoms with van der Waals surface area (Å²) in [4.78, 5) is 26.0. The highest BCUT2D eigenvalue weighted by atomic mass is 35.5. The second-order valence-corrected chi connectivity index (χ2v) is 5.58.